The zero-order chi connectivity index (χ0) is 29.5. The highest BCUT2D eigenvalue weighted by atomic mass is 16.5. The minimum atomic E-state index is 0.915. The van der Waals surface area contributed by atoms with Crippen LogP contribution in [-0.4, -0.2) is 0 Å². The van der Waals surface area contributed by atoms with Crippen molar-refractivity contribution < 1.29 is 4.74 Å². The maximum atomic E-state index is 6.68. The predicted molar refractivity (Wildman–Crippen MR) is 190 cm³/mol. The molecule has 0 saturated heterocycles. The first-order chi connectivity index (χ1) is 22.3. The van der Waals surface area contributed by atoms with Crippen molar-refractivity contribution in [1.29, 1.82) is 0 Å². The largest absolute Gasteiger partial charge is 0.455 e. The Morgan fingerprint density at radius 3 is 1.93 bits per heavy atom. The molecule has 1 heteroatoms. The third kappa shape index (κ3) is 3.56. The highest BCUT2D eigenvalue weighted by molar-refractivity contribution is 6.21. The molecule has 1 aliphatic heterocycles. The zero-order valence-corrected chi connectivity index (χ0v) is 24.4. The third-order valence-corrected chi connectivity index (χ3v) is 9.62. The Morgan fingerprint density at radius 2 is 1.04 bits per heavy atom. The molecule has 0 aliphatic carbocycles. The van der Waals surface area contributed by atoms with Gasteiger partial charge in [0.1, 0.15) is 11.5 Å². The number of ether oxygens (including phenoxy) is 1. The summed E-state index contributed by atoms with van der Waals surface area (Å²) in [5.41, 5.74) is 7.31. The second-order valence-electron chi connectivity index (χ2n) is 12.0. The van der Waals surface area contributed by atoms with Crippen LogP contribution in [0, 0.1) is 0 Å². The normalized spacial score (nSPS) is 12.2. The summed E-state index contributed by atoms with van der Waals surface area (Å²) in [6.45, 7) is 0. The van der Waals surface area contributed by atoms with Crippen LogP contribution in [0.1, 0.15) is 0 Å². The van der Waals surface area contributed by atoms with E-state index in [0.29, 0.717) is 0 Å². The van der Waals surface area contributed by atoms with Crippen molar-refractivity contribution in [2.24, 2.45) is 0 Å². The van der Waals surface area contributed by atoms with E-state index >= 15 is 0 Å². The number of hydrogen-bond acceptors (Lipinski definition) is 1. The van der Waals surface area contributed by atoms with Crippen LogP contribution in [0.2, 0.25) is 0 Å². The summed E-state index contributed by atoms with van der Waals surface area (Å²) >= 11 is 0. The average Bonchev–Trinajstić information content (AvgIpc) is 3.11. The fraction of sp³-hybridized carbons (Fsp3) is 0. The van der Waals surface area contributed by atoms with Gasteiger partial charge < -0.3 is 4.74 Å². The molecule has 0 spiro atoms. The molecule has 0 aromatic heterocycles. The van der Waals surface area contributed by atoms with E-state index < -0.39 is 0 Å². The van der Waals surface area contributed by atoms with Gasteiger partial charge in [0.15, 0.2) is 0 Å². The highest BCUT2D eigenvalue weighted by Crippen LogP contribution is 2.51. The van der Waals surface area contributed by atoms with Crippen LogP contribution in [0.3, 0.4) is 0 Å². The van der Waals surface area contributed by atoms with Gasteiger partial charge in [0.25, 0.3) is 0 Å². The Balaban J connectivity index is 1.23. The van der Waals surface area contributed by atoms with E-state index in [1.54, 1.807) is 0 Å². The van der Waals surface area contributed by atoms with E-state index in [-0.39, 0.29) is 0 Å². The molecule has 9 aromatic carbocycles. The summed E-state index contributed by atoms with van der Waals surface area (Å²) < 4.78 is 6.68. The highest BCUT2D eigenvalue weighted by Gasteiger charge is 2.23. The lowest BCUT2D eigenvalue weighted by Crippen LogP contribution is -1.98. The topological polar surface area (TPSA) is 9.23 Å². The summed E-state index contributed by atoms with van der Waals surface area (Å²) in [4.78, 5) is 0. The first kappa shape index (κ1) is 24.5. The summed E-state index contributed by atoms with van der Waals surface area (Å²) in [6.07, 6.45) is 0. The molecule has 10 rings (SSSR count). The van der Waals surface area contributed by atoms with Gasteiger partial charge in [-0.1, -0.05) is 133 Å². The molecule has 0 radical (unpaired) electrons. The maximum absolute atomic E-state index is 6.68. The molecule has 0 amide bonds. The number of rotatable bonds is 2. The van der Waals surface area contributed by atoms with Crippen LogP contribution in [0.25, 0.3) is 87.2 Å². The van der Waals surface area contributed by atoms with E-state index in [0.717, 1.165) is 22.4 Å². The second-order valence-corrected chi connectivity index (χ2v) is 12.0. The van der Waals surface area contributed by atoms with Crippen molar-refractivity contribution >= 4 is 53.9 Å². The van der Waals surface area contributed by atoms with Gasteiger partial charge in [-0.3, -0.25) is 0 Å². The van der Waals surface area contributed by atoms with Gasteiger partial charge in [0, 0.05) is 16.3 Å². The average molecular weight is 571 g/mol. The Kier molecular flexibility index (Phi) is 5.06. The van der Waals surface area contributed by atoms with Crippen molar-refractivity contribution in [2.75, 3.05) is 0 Å². The molecule has 0 fully saturated rings. The smallest absolute Gasteiger partial charge is 0.143 e. The van der Waals surface area contributed by atoms with Gasteiger partial charge in [-0.25, -0.2) is 0 Å². The lowest BCUT2D eigenvalue weighted by atomic mass is 9.87. The second kappa shape index (κ2) is 9.29. The predicted octanol–water partition coefficient (Wildman–Crippen LogP) is 12.6. The van der Waals surface area contributed by atoms with Crippen LogP contribution in [0.4, 0.5) is 0 Å². The Hall–Kier alpha value is -5.92. The van der Waals surface area contributed by atoms with E-state index in [4.69, 9.17) is 4.74 Å². The van der Waals surface area contributed by atoms with Gasteiger partial charge >= 0.3 is 0 Å². The van der Waals surface area contributed by atoms with Gasteiger partial charge in [-0.2, -0.15) is 0 Å². The van der Waals surface area contributed by atoms with Crippen molar-refractivity contribution in [2.45, 2.75) is 0 Å². The van der Waals surface area contributed by atoms with Crippen LogP contribution in [0.15, 0.2) is 158 Å². The molecule has 0 N–H and O–H groups in total. The zero-order valence-electron chi connectivity index (χ0n) is 24.4. The Morgan fingerprint density at radius 1 is 0.333 bits per heavy atom. The fourth-order valence-corrected chi connectivity index (χ4v) is 7.57. The molecule has 0 unspecified atom stereocenters. The third-order valence-electron chi connectivity index (χ3n) is 9.62. The van der Waals surface area contributed by atoms with Gasteiger partial charge in [-0.05, 0) is 95.2 Å². The molecule has 0 saturated carbocycles. The summed E-state index contributed by atoms with van der Waals surface area (Å²) in [5.74, 6) is 1.86. The Bertz CT molecular complexity index is 2670. The first-order valence-corrected chi connectivity index (χ1v) is 15.5. The van der Waals surface area contributed by atoms with Crippen molar-refractivity contribution in [3.63, 3.8) is 0 Å². The minimum Gasteiger partial charge on any atom is -0.455 e. The summed E-state index contributed by atoms with van der Waals surface area (Å²) in [7, 11) is 0. The molecular weight excluding hydrogens is 544 g/mol. The van der Waals surface area contributed by atoms with Crippen LogP contribution in [-0.2, 0) is 0 Å². The van der Waals surface area contributed by atoms with Crippen LogP contribution >= 0.6 is 0 Å². The first-order valence-electron chi connectivity index (χ1n) is 15.5. The van der Waals surface area contributed by atoms with Gasteiger partial charge in [-0.15, -0.1) is 0 Å². The molecule has 45 heavy (non-hydrogen) atoms. The fourth-order valence-electron chi connectivity index (χ4n) is 7.57. The van der Waals surface area contributed by atoms with Gasteiger partial charge in [0.2, 0.25) is 0 Å². The number of hydrogen-bond donors (Lipinski definition) is 0. The van der Waals surface area contributed by atoms with E-state index in [1.165, 1.54) is 76.3 Å². The standard InChI is InChI=1S/C44H26O/c1-2-11-29(12-3-1)42-34-20-19-30(25-31(34)26-40-32-13-6-4-9-27(32)17-21-38(40)42)33-23-24-41-43-36(33)15-8-16-37(43)39-22-18-28-10-5-7-14-35(28)44(39)45-41/h1-26H. The lowest BCUT2D eigenvalue weighted by molar-refractivity contribution is 0.493. The molecule has 9 aromatic rings. The van der Waals surface area contributed by atoms with Crippen LogP contribution in [0.5, 0.6) is 11.5 Å². The van der Waals surface area contributed by atoms with Crippen molar-refractivity contribution in [3.05, 3.63) is 158 Å². The van der Waals surface area contributed by atoms with Crippen molar-refractivity contribution in [3.8, 4) is 44.9 Å². The number of fused-ring (bicyclic) bond motifs is 8. The van der Waals surface area contributed by atoms with E-state index in [1.807, 2.05) is 0 Å². The summed E-state index contributed by atoms with van der Waals surface area (Å²) in [6, 6.07) is 57.3. The monoisotopic (exact) mass is 570 g/mol. The molecule has 1 nitrogen and oxygen atoms in total. The molecule has 1 aliphatic rings. The number of benzene rings is 9. The SMILES string of the molecule is c1ccc(-c2c3ccc(-c4ccc5c6c(cccc46)-c4ccc6ccccc6c4O5)cc3cc3c2ccc2ccccc23)cc1. The van der Waals surface area contributed by atoms with E-state index in [9.17, 15) is 0 Å². The molecule has 0 bridgehead atoms. The molecule has 208 valence electrons. The molecule has 0 atom stereocenters. The quantitative estimate of drug-likeness (QED) is 0.148. The minimum absolute atomic E-state index is 0.915. The molecular formula is C44H26O. The Labute approximate surface area is 260 Å². The lowest BCUT2D eigenvalue weighted by Gasteiger charge is -2.24. The van der Waals surface area contributed by atoms with E-state index in [2.05, 4.69) is 158 Å². The summed E-state index contributed by atoms with van der Waals surface area (Å²) in [5, 5.41) is 12.3. The maximum Gasteiger partial charge on any atom is 0.143 e. The molecule has 1 heterocycles. The van der Waals surface area contributed by atoms with Gasteiger partial charge in [0.05, 0.1) is 0 Å². The van der Waals surface area contributed by atoms with Crippen LogP contribution < -0.4 is 4.74 Å². The van der Waals surface area contributed by atoms with Crippen molar-refractivity contribution in [1.82, 2.24) is 0 Å².